The molecule has 0 saturated heterocycles. The molecule has 1 aromatic heterocycles. The molecule has 0 amide bonds. The average molecular weight is 380 g/mol. The van der Waals surface area contributed by atoms with Gasteiger partial charge in [0.1, 0.15) is 6.10 Å². The zero-order valence-corrected chi connectivity index (χ0v) is 12.8. The molecular formula is C11H9Br2ClN2O. The Morgan fingerprint density at radius 3 is 2.65 bits per heavy atom. The summed E-state index contributed by atoms with van der Waals surface area (Å²) in [4.78, 5) is 0. The fourth-order valence-electron chi connectivity index (χ4n) is 1.60. The quantitative estimate of drug-likeness (QED) is 0.863. The minimum absolute atomic E-state index is 0.584. The summed E-state index contributed by atoms with van der Waals surface area (Å²) < 4.78 is 3.20. The third kappa shape index (κ3) is 2.57. The molecule has 3 nitrogen and oxygen atoms in total. The first-order chi connectivity index (χ1) is 8.00. The Morgan fingerprint density at radius 1 is 1.35 bits per heavy atom. The molecular weight excluding hydrogens is 371 g/mol. The lowest BCUT2D eigenvalue weighted by atomic mass is 10.1. The number of nitrogens with zero attached hydrogens (tertiary/aromatic N) is 2. The predicted molar refractivity (Wildman–Crippen MR) is 74.1 cm³/mol. The number of halogens is 3. The van der Waals surface area contributed by atoms with E-state index in [4.69, 9.17) is 11.6 Å². The van der Waals surface area contributed by atoms with E-state index in [1.165, 1.54) is 0 Å². The van der Waals surface area contributed by atoms with Gasteiger partial charge >= 0.3 is 0 Å². The molecule has 1 N–H and O–H groups in total. The summed E-state index contributed by atoms with van der Waals surface area (Å²) in [6, 6.07) is 5.31. The van der Waals surface area contributed by atoms with Gasteiger partial charge in [-0.25, -0.2) is 0 Å². The van der Waals surface area contributed by atoms with Crippen LogP contribution in [0.4, 0.5) is 0 Å². The lowest BCUT2D eigenvalue weighted by molar-refractivity contribution is 0.208. The lowest BCUT2D eigenvalue weighted by Crippen LogP contribution is -2.08. The molecule has 1 aromatic carbocycles. The number of benzene rings is 1. The van der Waals surface area contributed by atoms with Crippen LogP contribution >= 0.6 is 43.5 Å². The third-order valence-electron chi connectivity index (χ3n) is 2.45. The Kier molecular flexibility index (Phi) is 3.92. The molecule has 2 rings (SSSR count). The number of hydrogen-bond acceptors (Lipinski definition) is 2. The fourth-order valence-corrected chi connectivity index (χ4v) is 2.81. The lowest BCUT2D eigenvalue weighted by Gasteiger charge is -2.14. The molecule has 0 radical (unpaired) electrons. The van der Waals surface area contributed by atoms with Crippen LogP contribution in [-0.2, 0) is 7.05 Å². The molecule has 1 atom stereocenters. The van der Waals surface area contributed by atoms with Gasteiger partial charge in [0.25, 0.3) is 0 Å². The van der Waals surface area contributed by atoms with Crippen molar-refractivity contribution in [2.24, 2.45) is 7.05 Å². The van der Waals surface area contributed by atoms with Gasteiger partial charge in [0.05, 0.1) is 16.4 Å². The molecule has 0 aliphatic heterocycles. The van der Waals surface area contributed by atoms with Crippen LogP contribution in [0.25, 0.3) is 0 Å². The Morgan fingerprint density at radius 2 is 2.06 bits per heavy atom. The largest absolute Gasteiger partial charge is 0.382 e. The Hall–Kier alpha value is -0.360. The summed E-state index contributed by atoms with van der Waals surface area (Å²) in [6.07, 6.45) is 0.863. The van der Waals surface area contributed by atoms with Gasteiger partial charge < -0.3 is 5.11 Å². The van der Waals surface area contributed by atoms with Gasteiger partial charge in [-0.05, 0) is 34.1 Å². The molecule has 0 aliphatic rings. The summed E-state index contributed by atoms with van der Waals surface area (Å²) in [5, 5.41) is 15.0. The molecule has 0 aliphatic carbocycles. The van der Waals surface area contributed by atoms with Crippen molar-refractivity contribution in [3.63, 3.8) is 0 Å². The van der Waals surface area contributed by atoms with E-state index in [1.807, 2.05) is 6.07 Å². The second kappa shape index (κ2) is 5.10. The van der Waals surface area contributed by atoms with Crippen LogP contribution in [0.1, 0.15) is 17.4 Å². The van der Waals surface area contributed by atoms with E-state index in [2.05, 4.69) is 37.0 Å². The van der Waals surface area contributed by atoms with Gasteiger partial charge in [-0.2, -0.15) is 5.10 Å². The van der Waals surface area contributed by atoms with Crippen LogP contribution in [-0.4, -0.2) is 14.9 Å². The van der Waals surface area contributed by atoms with Crippen LogP contribution in [0.5, 0.6) is 0 Å². The second-order valence-corrected chi connectivity index (χ2v) is 5.71. The van der Waals surface area contributed by atoms with Crippen molar-refractivity contribution in [1.82, 2.24) is 9.78 Å². The number of aliphatic hydroxyl groups is 1. The van der Waals surface area contributed by atoms with E-state index in [1.54, 1.807) is 30.1 Å². The van der Waals surface area contributed by atoms with Crippen LogP contribution < -0.4 is 0 Å². The van der Waals surface area contributed by atoms with Gasteiger partial charge in [-0.15, -0.1) is 0 Å². The maximum absolute atomic E-state index is 10.4. The smallest absolute Gasteiger partial charge is 0.123 e. The molecule has 2 aromatic rings. The minimum atomic E-state index is -0.787. The van der Waals surface area contributed by atoms with Gasteiger partial charge in [0.15, 0.2) is 0 Å². The number of hydrogen-bond donors (Lipinski definition) is 1. The van der Waals surface area contributed by atoms with Crippen LogP contribution in [0.3, 0.4) is 0 Å². The molecule has 0 fully saturated rings. The highest BCUT2D eigenvalue weighted by Gasteiger charge is 2.20. The number of aliphatic hydroxyl groups excluding tert-OH is 1. The fraction of sp³-hybridized carbons (Fsp3) is 0.182. The first kappa shape index (κ1) is 13.1. The topological polar surface area (TPSA) is 38.0 Å². The molecule has 0 saturated carbocycles. The van der Waals surface area contributed by atoms with Crippen molar-refractivity contribution >= 4 is 43.5 Å². The molecule has 6 heteroatoms. The van der Waals surface area contributed by atoms with Crippen molar-refractivity contribution in [1.29, 1.82) is 0 Å². The van der Waals surface area contributed by atoms with E-state index in [9.17, 15) is 5.11 Å². The summed E-state index contributed by atoms with van der Waals surface area (Å²) in [7, 11) is 1.78. The highest BCUT2D eigenvalue weighted by molar-refractivity contribution is 9.10. The minimum Gasteiger partial charge on any atom is -0.382 e. The van der Waals surface area contributed by atoms with Crippen molar-refractivity contribution < 1.29 is 5.11 Å². The molecule has 0 spiro atoms. The van der Waals surface area contributed by atoms with E-state index >= 15 is 0 Å². The third-order valence-corrected chi connectivity index (χ3v) is 4.02. The zero-order chi connectivity index (χ0) is 12.6. The first-order valence-corrected chi connectivity index (χ1v) is 6.77. The molecule has 90 valence electrons. The first-order valence-electron chi connectivity index (χ1n) is 4.81. The summed E-state index contributed by atoms with van der Waals surface area (Å²) >= 11 is 12.7. The van der Waals surface area contributed by atoms with Crippen molar-refractivity contribution in [3.05, 3.63) is 49.6 Å². The maximum Gasteiger partial charge on any atom is 0.123 e. The average Bonchev–Trinajstić information content (AvgIpc) is 2.61. The Bertz CT molecular complexity index is 537. The van der Waals surface area contributed by atoms with Crippen molar-refractivity contribution in [2.45, 2.75) is 6.10 Å². The SMILES string of the molecule is Cn1ncc(Br)c1C(O)c1cc(Cl)ccc1Br. The monoisotopic (exact) mass is 378 g/mol. The van der Waals surface area contributed by atoms with Gasteiger partial charge in [0, 0.05) is 22.1 Å². The highest BCUT2D eigenvalue weighted by Crippen LogP contribution is 2.33. The molecule has 1 heterocycles. The summed E-state index contributed by atoms with van der Waals surface area (Å²) in [5.74, 6) is 0. The summed E-state index contributed by atoms with van der Waals surface area (Å²) in [6.45, 7) is 0. The number of aryl methyl sites for hydroxylation is 1. The molecule has 17 heavy (non-hydrogen) atoms. The second-order valence-electron chi connectivity index (χ2n) is 3.57. The van der Waals surface area contributed by atoms with E-state index < -0.39 is 6.10 Å². The molecule has 0 bridgehead atoms. The number of rotatable bonds is 2. The van der Waals surface area contributed by atoms with Crippen LogP contribution in [0, 0.1) is 0 Å². The van der Waals surface area contributed by atoms with Gasteiger partial charge in [-0.1, -0.05) is 27.5 Å². The van der Waals surface area contributed by atoms with Crippen LogP contribution in [0.2, 0.25) is 5.02 Å². The van der Waals surface area contributed by atoms with Gasteiger partial charge in [-0.3, -0.25) is 4.68 Å². The number of aromatic nitrogens is 2. The van der Waals surface area contributed by atoms with Crippen molar-refractivity contribution in [2.75, 3.05) is 0 Å². The highest BCUT2D eigenvalue weighted by atomic mass is 79.9. The summed E-state index contributed by atoms with van der Waals surface area (Å²) in [5.41, 5.74) is 1.40. The standard InChI is InChI=1S/C11H9Br2ClN2O/c1-16-10(9(13)5-15-16)11(17)7-4-6(14)2-3-8(7)12/h2-5,11,17H,1H3. The Balaban J connectivity index is 2.50. The van der Waals surface area contributed by atoms with E-state index in [0.717, 1.165) is 8.95 Å². The van der Waals surface area contributed by atoms with Gasteiger partial charge in [0.2, 0.25) is 0 Å². The zero-order valence-electron chi connectivity index (χ0n) is 8.86. The van der Waals surface area contributed by atoms with Crippen LogP contribution in [0.15, 0.2) is 33.3 Å². The predicted octanol–water partition coefficient (Wildman–Crippen LogP) is 3.68. The maximum atomic E-state index is 10.4. The van der Waals surface area contributed by atoms with E-state index in [0.29, 0.717) is 16.3 Å². The normalized spacial score (nSPS) is 12.8. The van der Waals surface area contributed by atoms with Crippen molar-refractivity contribution in [3.8, 4) is 0 Å². The van der Waals surface area contributed by atoms with E-state index in [-0.39, 0.29) is 0 Å². The molecule has 1 unspecified atom stereocenters. The Labute approximate surface area is 121 Å².